The Kier molecular flexibility index (Phi) is 12.0. The highest BCUT2D eigenvalue weighted by Crippen LogP contribution is 2.33. The van der Waals surface area contributed by atoms with Gasteiger partial charge in [-0.05, 0) is 74.2 Å². The summed E-state index contributed by atoms with van der Waals surface area (Å²) in [6, 6.07) is 24.7. The van der Waals surface area contributed by atoms with Gasteiger partial charge in [0.2, 0.25) is 11.2 Å². The van der Waals surface area contributed by atoms with E-state index >= 15 is 0 Å². The Balaban J connectivity index is 0.981. The third-order valence-electron chi connectivity index (χ3n) is 9.57. The first kappa shape index (κ1) is 39.5. The zero-order valence-electron chi connectivity index (χ0n) is 30.8. The number of aromatic hydroxyl groups is 1. The molecule has 8 N–H and O–H groups in total. The summed E-state index contributed by atoms with van der Waals surface area (Å²) in [5.74, 6) is -1.49. The number of H-pyrrole nitrogens is 1. The van der Waals surface area contributed by atoms with Gasteiger partial charge in [-0.15, -0.1) is 0 Å². The van der Waals surface area contributed by atoms with Crippen molar-refractivity contribution in [2.24, 2.45) is 0 Å². The summed E-state index contributed by atoms with van der Waals surface area (Å²) in [6.07, 6.45) is -0.0872. The average Bonchev–Trinajstić information content (AvgIpc) is 3.16. The molecule has 1 aliphatic rings. The normalized spacial score (nSPS) is 16.7. The number of phenolic OH excluding ortho intramolecular Hbond substituents is 1. The molecule has 6 rings (SSSR count). The van der Waals surface area contributed by atoms with Crippen LogP contribution in [-0.2, 0) is 21.7 Å². The summed E-state index contributed by atoms with van der Waals surface area (Å²) in [5.41, 5.74) is -0.440. The number of phenols is 1. The number of amides is 2. The number of carboxylic acid groups (broad SMARTS) is 1. The zero-order chi connectivity index (χ0) is 40.0. The number of hydrogen-bond donors (Lipinski definition) is 8. The van der Waals surface area contributed by atoms with Gasteiger partial charge >= 0.3 is 5.97 Å². The number of carbonyl (C=O) groups is 3. The molecule has 0 saturated heterocycles. The number of fused-ring (bicyclic) bond motifs is 1. The molecular weight excluding hydrogens is 720 g/mol. The van der Waals surface area contributed by atoms with Gasteiger partial charge in [0.15, 0.2) is 6.61 Å². The minimum absolute atomic E-state index is 0.0812. The molecule has 2 unspecified atom stereocenters. The molecule has 0 radical (unpaired) electrons. The second kappa shape index (κ2) is 17.1. The first-order chi connectivity index (χ1) is 26.8. The Morgan fingerprint density at radius 1 is 0.893 bits per heavy atom. The van der Waals surface area contributed by atoms with Crippen molar-refractivity contribution in [2.75, 3.05) is 13.2 Å². The lowest BCUT2D eigenvalue weighted by molar-refractivity contribution is -0.155. The van der Waals surface area contributed by atoms with Gasteiger partial charge in [-0.2, -0.15) is 0 Å². The highest BCUT2D eigenvalue weighted by molar-refractivity contribution is 5.95. The lowest BCUT2D eigenvalue weighted by Gasteiger charge is -2.36. The Labute approximate surface area is 322 Å². The van der Waals surface area contributed by atoms with Crippen LogP contribution < -0.4 is 31.0 Å². The van der Waals surface area contributed by atoms with E-state index in [9.17, 15) is 39.6 Å². The molecule has 0 bridgehead atoms. The van der Waals surface area contributed by atoms with Crippen LogP contribution in [0.4, 0.5) is 0 Å². The van der Waals surface area contributed by atoms with Crippen LogP contribution in [0.3, 0.4) is 0 Å². The van der Waals surface area contributed by atoms with Crippen molar-refractivity contribution in [3.05, 3.63) is 135 Å². The van der Waals surface area contributed by atoms with Gasteiger partial charge < -0.3 is 50.8 Å². The third-order valence-corrected chi connectivity index (χ3v) is 9.57. The molecule has 56 heavy (non-hydrogen) atoms. The monoisotopic (exact) mass is 764 g/mol. The van der Waals surface area contributed by atoms with Gasteiger partial charge in [0, 0.05) is 53.3 Å². The van der Waals surface area contributed by atoms with E-state index in [2.05, 4.69) is 20.9 Å². The molecule has 4 aromatic carbocycles. The Hall–Kier alpha value is -6.22. The predicted octanol–water partition coefficient (Wildman–Crippen LogP) is 3.62. The van der Waals surface area contributed by atoms with Crippen LogP contribution in [0.15, 0.2) is 102 Å². The molecule has 1 heterocycles. The van der Waals surface area contributed by atoms with Crippen molar-refractivity contribution >= 4 is 28.7 Å². The third kappa shape index (κ3) is 9.00. The lowest BCUT2D eigenvalue weighted by Crippen LogP contribution is -2.54. The highest BCUT2D eigenvalue weighted by Gasteiger charge is 2.40. The van der Waals surface area contributed by atoms with Gasteiger partial charge in [0.05, 0.1) is 17.7 Å². The first-order valence-electron chi connectivity index (χ1n) is 18.2. The number of pyridine rings is 1. The van der Waals surface area contributed by atoms with Crippen LogP contribution in [0.2, 0.25) is 0 Å². The van der Waals surface area contributed by atoms with Crippen LogP contribution >= 0.6 is 0 Å². The number of ether oxygens (including phenoxy) is 2. The van der Waals surface area contributed by atoms with Crippen molar-refractivity contribution in [3.8, 4) is 17.2 Å². The number of carbonyl (C=O) groups excluding carboxylic acids is 2. The number of hydrogen-bond acceptors (Lipinski definition) is 10. The number of rotatable bonds is 16. The van der Waals surface area contributed by atoms with Crippen LogP contribution in [0.5, 0.6) is 17.2 Å². The largest absolute Gasteiger partial charge is 0.506 e. The van der Waals surface area contributed by atoms with Crippen LogP contribution in [-0.4, -0.2) is 74.5 Å². The van der Waals surface area contributed by atoms with E-state index in [1.54, 1.807) is 60.7 Å². The highest BCUT2D eigenvalue weighted by atomic mass is 16.5. The number of carboxylic acids is 1. The van der Waals surface area contributed by atoms with Gasteiger partial charge in [0.25, 0.3) is 11.8 Å². The molecule has 0 spiro atoms. The number of aromatic nitrogens is 1. The van der Waals surface area contributed by atoms with Gasteiger partial charge in [-0.25, -0.2) is 4.79 Å². The maximum atomic E-state index is 13.2. The van der Waals surface area contributed by atoms with Gasteiger partial charge in [0.1, 0.15) is 17.2 Å². The van der Waals surface area contributed by atoms with Crippen LogP contribution in [0.25, 0.3) is 10.9 Å². The summed E-state index contributed by atoms with van der Waals surface area (Å²) in [5, 5.41) is 51.8. The molecule has 5 aromatic rings. The first-order valence-corrected chi connectivity index (χ1v) is 18.2. The number of aliphatic hydroxyl groups excluding tert-OH is 1. The molecule has 1 saturated carbocycles. The van der Waals surface area contributed by atoms with Crippen molar-refractivity contribution in [2.45, 2.75) is 63.1 Å². The van der Waals surface area contributed by atoms with Gasteiger partial charge in [-0.1, -0.05) is 54.6 Å². The van der Waals surface area contributed by atoms with Gasteiger partial charge in [-0.3, -0.25) is 14.4 Å². The molecule has 292 valence electrons. The number of aliphatic hydroxyl groups is 2. The van der Waals surface area contributed by atoms with E-state index in [0.717, 1.165) is 5.56 Å². The fraction of sp³-hybridized carbons (Fsp3) is 0.286. The minimum Gasteiger partial charge on any atom is -0.506 e. The molecule has 2 amide bonds. The molecular formula is C42H44N4O10. The van der Waals surface area contributed by atoms with Crippen molar-refractivity contribution < 1.29 is 44.3 Å². The smallest absolute Gasteiger partial charge is 0.345 e. The van der Waals surface area contributed by atoms with E-state index in [4.69, 9.17) is 9.47 Å². The molecule has 1 aliphatic carbocycles. The quantitative estimate of drug-likeness (QED) is 0.0726. The summed E-state index contributed by atoms with van der Waals surface area (Å²) in [6.45, 7) is 3.91. The number of benzene rings is 4. The van der Waals surface area contributed by atoms with E-state index in [0.29, 0.717) is 41.6 Å². The number of nitrogens with one attached hydrogen (secondary N) is 4. The molecule has 14 heteroatoms. The number of aliphatic carboxylic acids is 1. The van der Waals surface area contributed by atoms with E-state index in [1.807, 2.05) is 13.8 Å². The van der Waals surface area contributed by atoms with Crippen molar-refractivity contribution in [1.29, 1.82) is 0 Å². The fourth-order valence-electron chi connectivity index (χ4n) is 6.65. The zero-order valence-corrected chi connectivity index (χ0v) is 30.8. The van der Waals surface area contributed by atoms with Crippen molar-refractivity contribution in [3.63, 3.8) is 0 Å². The van der Waals surface area contributed by atoms with Crippen LogP contribution in [0.1, 0.15) is 65.4 Å². The maximum Gasteiger partial charge on any atom is 0.345 e. The average molecular weight is 765 g/mol. The Morgan fingerprint density at radius 2 is 1.62 bits per heavy atom. The maximum absolute atomic E-state index is 13.2. The van der Waals surface area contributed by atoms with E-state index in [1.165, 1.54) is 36.4 Å². The second-order valence-electron chi connectivity index (χ2n) is 14.0. The fourth-order valence-corrected chi connectivity index (χ4v) is 6.65. The van der Waals surface area contributed by atoms with E-state index < -0.39 is 17.7 Å². The summed E-state index contributed by atoms with van der Waals surface area (Å²) >= 11 is 0. The Morgan fingerprint density at radius 3 is 2.36 bits per heavy atom. The minimum atomic E-state index is -2.31. The summed E-state index contributed by atoms with van der Waals surface area (Å²) < 4.78 is 11.7. The van der Waals surface area contributed by atoms with Crippen molar-refractivity contribution in [1.82, 2.24) is 20.9 Å². The molecule has 2 atom stereocenters. The van der Waals surface area contributed by atoms with Crippen LogP contribution in [0, 0.1) is 0 Å². The molecule has 1 aromatic heterocycles. The number of aromatic amines is 1. The molecule has 0 aliphatic heterocycles. The topological polar surface area (TPSA) is 220 Å². The lowest BCUT2D eigenvalue weighted by atomic mass is 9.86. The predicted molar refractivity (Wildman–Crippen MR) is 207 cm³/mol. The van der Waals surface area contributed by atoms with E-state index in [-0.39, 0.29) is 76.9 Å². The second-order valence-corrected chi connectivity index (χ2v) is 14.0. The summed E-state index contributed by atoms with van der Waals surface area (Å²) in [7, 11) is 0. The SMILES string of the molecule is CC(C)Oc1cc(C(=O)NC2CC(NC(=O)COc3cccc(C(O)(C(=O)O)c4ccccc4)c3)C2)ccc1CNCC(O)c1ccc(O)c2[nH]c(=O)ccc12. The molecule has 14 nitrogen and oxygen atoms in total. The molecule has 1 fully saturated rings. The Bertz CT molecular complexity index is 2270. The standard InChI is InChI=1S/C42H44N4O10/c1-24(2)56-36-17-25(11-12-26(36)21-43-22-35(48)32-13-15-34(47)39-33(32)14-16-37(49)46-39)40(51)45-30-19-29(20-30)44-38(50)23-55-31-10-6-9-28(18-31)42(54,41(52)53)27-7-4-3-5-8-27/h3-18,24,29-30,35,43,47-48,54H,19-23H2,1-2H3,(H,44,50)(H,45,51)(H,46,49)(H,52,53). The summed E-state index contributed by atoms with van der Waals surface area (Å²) in [4.78, 5) is 52.4.